The average molecular weight is 347 g/mol. The summed E-state index contributed by atoms with van der Waals surface area (Å²) in [5.74, 6) is 0.820. The van der Waals surface area contributed by atoms with Crippen LogP contribution in [0.1, 0.15) is 73.6 Å². The minimum absolute atomic E-state index is 0.253. The molecule has 2 aliphatic rings. The second-order valence-corrected chi connectivity index (χ2v) is 8.01. The van der Waals surface area contributed by atoms with Crippen molar-refractivity contribution in [3.05, 3.63) is 40.2 Å². The summed E-state index contributed by atoms with van der Waals surface area (Å²) in [7, 11) is 0. The highest BCUT2D eigenvalue weighted by Crippen LogP contribution is 2.33. The van der Waals surface area contributed by atoms with Gasteiger partial charge in [0, 0.05) is 17.1 Å². The smallest absolute Gasteiger partial charge is 0.166 e. The first-order chi connectivity index (χ1) is 11.4. The number of carbonyl (C=O) groups excluding carboxylic acids is 1. The standard InChI is InChI=1S/C20H27ClN2O/c1-14-19(18(24)13-16-7-5-4-6-8-16)15(2)23(22-14)20(3)11-9-17(21)10-12-20/h9-11,16H,4-8,12-13H2,1-3H3. The monoisotopic (exact) mass is 346 g/mol. The van der Waals surface area contributed by atoms with Gasteiger partial charge in [-0.25, -0.2) is 0 Å². The maximum absolute atomic E-state index is 12.9. The maximum atomic E-state index is 12.9. The van der Waals surface area contributed by atoms with Gasteiger partial charge in [-0.3, -0.25) is 9.48 Å². The lowest BCUT2D eigenvalue weighted by atomic mass is 9.84. The van der Waals surface area contributed by atoms with Gasteiger partial charge in [0.25, 0.3) is 0 Å². The van der Waals surface area contributed by atoms with Crippen molar-refractivity contribution in [2.24, 2.45) is 5.92 Å². The Morgan fingerprint density at radius 2 is 2.04 bits per heavy atom. The molecule has 24 heavy (non-hydrogen) atoms. The van der Waals surface area contributed by atoms with Gasteiger partial charge in [-0.1, -0.05) is 55.9 Å². The van der Waals surface area contributed by atoms with Gasteiger partial charge in [-0.15, -0.1) is 0 Å². The molecule has 0 bridgehead atoms. The van der Waals surface area contributed by atoms with Crippen LogP contribution < -0.4 is 0 Å². The first kappa shape index (κ1) is 17.5. The zero-order chi connectivity index (χ0) is 17.3. The van der Waals surface area contributed by atoms with E-state index in [1.165, 1.54) is 32.1 Å². The molecule has 2 aliphatic carbocycles. The van der Waals surface area contributed by atoms with Gasteiger partial charge in [-0.05, 0) is 39.2 Å². The van der Waals surface area contributed by atoms with Crippen LogP contribution in [0.2, 0.25) is 0 Å². The highest BCUT2D eigenvalue weighted by atomic mass is 35.5. The van der Waals surface area contributed by atoms with Gasteiger partial charge < -0.3 is 0 Å². The summed E-state index contributed by atoms with van der Waals surface area (Å²) in [4.78, 5) is 12.9. The van der Waals surface area contributed by atoms with E-state index in [9.17, 15) is 4.79 Å². The number of Topliss-reactive ketones (excluding diaryl/α,β-unsaturated/α-hetero) is 1. The van der Waals surface area contributed by atoms with Crippen LogP contribution in [0.3, 0.4) is 0 Å². The van der Waals surface area contributed by atoms with Crippen molar-refractivity contribution in [2.75, 3.05) is 0 Å². The first-order valence-corrected chi connectivity index (χ1v) is 9.43. The minimum atomic E-state index is -0.253. The van der Waals surface area contributed by atoms with Crippen molar-refractivity contribution < 1.29 is 4.79 Å². The van der Waals surface area contributed by atoms with E-state index in [-0.39, 0.29) is 11.3 Å². The number of rotatable bonds is 4. The average Bonchev–Trinajstić information content (AvgIpc) is 2.87. The van der Waals surface area contributed by atoms with Gasteiger partial charge in [0.2, 0.25) is 0 Å². The third-order valence-corrected chi connectivity index (χ3v) is 5.85. The first-order valence-electron chi connectivity index (χ1n) is 9.05. The highest BCUT2D eigenvalue weighted by Gasteiger charge is 2.31. The molecule has 4 heteroatoms. The van der Waals surface area contributed by atoms with E-state index in [0.29, 0.717) is 12.3 Å². The van der Waals surface area contributed by atoms with Crippen molar-refractivity contribution in [2.45, 2.75) is 71.3 Å². The molecule has 0 N–H and O–H groups in total. The number of ketones is 1. The Kier molecular flexibility index (Phi) is 5.00. The highest BCUT2D eigenvalue weighted by molar-refractivity contribution is 6.31. The molecule has 1 unspecified atom stereocenters. The molecule has 1 saturated carbocycles. The normalized spacial score (nSPS) is 24.9. The molecule has 0 amide bonds. The van der Waals surface area contributed by atoms with Crippen LogP contribution >= 0.6 is 11.6 Å². The minimum Gasteiger partial charge on any atom is -0.294 e. The van der Waals surface area contributed by atoms with Gasteiger partial charge in [0.1, 0.15) is 0 Å². The van der Waals surface area contributed by atoms with E-state index in [4.69, 9.17) is 16.7 Å². The van der Waals surface area contributed by atoms with Crippen molar-refractivity contribution in [3.63, 3.8) is 0 Å². The molecule has 3 rings (SSSR count). The molecule has 1 fully saturated rings. The van der Waals surface area contributed by atoms with Crippen molar-refractivity contribution in [3.8, 4) is 0 Å². The molecule has 130 valence electrons. The molecule has 0 radical (unpaired) electrons. The lowest BCUT2D eigenvalue weighted by molar-refractivity contribution is 0.0949. The number of hydrogen-bond donors (Lipinski definition) is 0. The van der Waals surface area contributed by atoms with Crippen LogP contribution in [-0.2, 0) is 5.54 Å². The summed E-state index contributed by atoms with van der Waals surface area (Å²) in [5.41, 5.74) is 2.41. The summed E-state index contributed by atoms with van der Waals surface area (Å²) in [6, 6.07) is 0. The number of halogens is 1. The zero-order valence-electron chi connectivity index (χ0n) is 14.9. The Balaban J connectivity index is 1.84. The molecule has 1 atom stereocenters. The van der Waals surface area contributed by atoms with E-state index in [1.807, 2.05) is 30.7 Å². The van der Waals surface area contributed by atoms with Crippen LogP contribution in [-0.4, -0.2) is 15.6 Å². The van der Waals surface area contributed by atoms with Crippen LogP contribution in [0.15, 0.2) is 23.3 Å². The van der Waals surface area contributed by atoms with Crippen molar-refractivity contribution in [1.29, 1.82) is 0 Å². The molecule has 1 aromatic rings. The molecular weight excluding hydrogens is 320 g/mol. The third-order valence-electron chi connectivity index (χ3n) is 5.56. The van der Waals surface area contributed by atoms with E-state index in [2.05, 4.69) is 13.0 Å². The van der Waals surface area contributed by atoms with Crippen LogP contribution in [0, 0.1) is 19.8 Å². The lowest BCUT2D eigenvalue weighted by Gasteiger charge is -2.29. The SMILES string of the molecule is Cc1nn(C2(C)C=CC(Cl)=CC2)c(C)c1C(=O)CC1CCCCC1. The molecule has 0 saturated heterocycles. The molecule has 0 aromatic carbocycles. The summed E-state index contributed by atoms with van der Waals surface area (Å²) < 4.78 is 2.01. The second kappa shape index (κ2) is 6.87. The van der Waals surface area contributed by atoms with E-state index < -0.39 is 0 Å². The summed E-state index contributed by atoms with van der Waals surface area (Å²) in [5, 5.41) is 5.48. The predicted octanol–water partition coefficient (Wildman–Crippen LogP) is 5.45. The quantitative estimate of drug-likeness (QED) is 0.679. The van der Waals surface area contributed by atoms with Crippen molar-refractivity contribution in [1.82, 2.24) is 9.78 Å². The summed E-state index contributed by atoms with van der Waals surface area (Å²) in [6.07, 6.45) is 13.7. The molecule has 1 aromatic heterocycles. The number of hydrogen-bond acceptors (Lipinski definition) is 2. The second-order valence-electron chi connectivity index (χ2n) is 7.57. The Morgan fingerprint density at radius 3 is 2.67 bits per heavy atom. The van der Waals surface area contributed by atoms with Gasteiger partial charge in [0.15, 0.2) is 5.78 Å². The van der Waals surface area contributed by atoms with E-state index in [0.717, 1.165) is 28.4 Å². The van der Waals surface area contributed by atoms with Crippen LogP contribution in [0.25, 0.3) is 0 Å². The Morgan fingerprint density at radius 1 is 1.33 bits per heavy atom. The fourth-order valence-corrected chi connectivity index (χ4v) is 4.30. The summed E-state index contributed by atoms with van der Waals surface area (Å²) >= 11 is 6.06. The fraction of sp³-hybridized carbons (Fsp3) is 0.600. The van der Waals surface area contributed by atoms with E-state index >= 15 is 0 Å². The number of aromatic nitrogens is 2. The zero-order valence-corrected chi connectivity index (χ0v) is 15.7. The topological polar surface area (TPSA) is 34.9 Å². The van der Waals surface area contributed by atoms with Gasteiger partial charge >= 0.3 is 0 Å². The van der Waals surface area contributed by atoms with Crippen LogP contribution in [0.4, 0.5) is 0 Å². The molecule has 0 aliphatic heterocycles. The van der Waals surface area contributed by atoms with Crippen molar-refractivity contribution >= 4 is 17.4 Å². The predicted molar refractivity (Wildman–Crippen MR) is 98.6 cm³/mol. The fourth-order valence-electron chi connectivity index (χ4n) is 4.16. The molecule has 3 nitrogen and oxygen atoms in total. The Hall–Kier alpha value is -1.35. The Labute approximate surface area is 149 Å². The number of carbonyl (C=O) groups is 1. The van der Waals surface area contributed by atoms with E-state index in [1.54, 1.807) is 0 Å². The number of nitrogens with zero attached hydrogens (tertiary/aromatic N) is 2. The van der Waals surface area contributed by atoms with Crippen LogP contribution in [0.5, 0.6) is 0 Å². The number of aryl methyl sites for hydroxylation is 1. The maximum Gasteiger partial charge on any atom is 0.166 e. The largest absolute Gasteiger partial charge is 0.294 e. The number of allylic oxidation sites excluding steroid dienone is 4. The lowest BCUT2D eigenvalue weighted by Crippen LogP contribution is -2.31. The Bertz CT molecular complexity index is 695. The third kappa shape index (κ3) is 3.37. The molecule has 1 heterocycles. The summed E-state index contributed by atoms with van der Waals surface area (Å²) in [6.45, 7) is 6.11. The molecule has 0 spiro atoms. The molecular formula is C20H27ClN2O. The van der Waals surface area contributed by atoms with Gasteiger partial charge in [0.05, 0.1) is 16.8 Å². The van der Waals surface area contributed by atoms with Gasteiger partial charge in [-0.2, -0.15) is 5.10 Å².